The van der Waals surface area contributed by atoms with Gasteiger partial charge < -0.3 is 10.1 Å². The molecule has 0 spiro atoms. The summed E-state index contributed by atoms with van der Waals surface area (Å²) in [6.07, 6.45) is 0. The Labute approximate surface area is 175 Å². The van der Waals surface area contributed by atoms with Gasteiger partial charge in [-0.1, -0.05) is 56.3 Å². The summed E-state index contributed by atoms with van der Waals surface area (Å²) in [5, 5.41) is 7.27. The summed E-state index contributed by atoms with van der Waals surface area (Å²) in [6.45, 7) is 4.74. The number of thiophene rings is 1. The Bertz CT molecular complexity index is 1130. The molecule has 0 unspecified atom stereocenters. The molecular formula is C25H23NO2S. The number of carbonyl (C=O) groups is 1. The highest BCUT2D eigenvalue weighted by atomic mass is 32.1. The third kappa shape index (κ3) is 4.66. The van der Waals surface area contributed by atoms with E-state index in [-0.39, 0.29) is 5.91 Å². The fraction of sp³-hybridized carbons (Fsp3) is 0.160. The number of nitrogens with one attached hydrogen (secondary N) is 1. The second-order valence-corrected chi connectivity index (χ2v) is 8.26. The number of fused-ring (bicyclic) bond motifs is 1. The molecule has 0 aliphatic rings. The van der Waals surface area contributed by atoms with Gasteiger partial charge >= 0.3 is 0 Å². The standard InChI is InChI=1S/C25H23NO2S/c1-17(2)19-7-10-22(11-8-19)26-25(27)24-13-18(16-29-24)15-28-23-12-9-20-5-3-4-6-21(20)14-23/h3-14,16-17H,15H2,1-2H3,(H,26,27). The minimum atomic E-state index is -0.0933. The van der Waals surface area contributed by atoms with E-state index >= 15 is 0 Å². The Kier molecular flexibility index (Phi) is 5.63. The molecule has 1 aromatic heterocycles. The quantitative estimate of drug-likeness (QED) is 0.383. The van der Waals surface area contributed by atoms with Crippen molar-refractivity contribution in [3.05, 3.63) is 94.2 Å². The van der Waals surface area contributed by atoms with Crippen molar-refractivity contribution in [2.75, 3.05) is 5.32 Å². The van der Waals surface area contributed by atoms with Gasteiger partial charge in [0.1, 0.15) is 12.4 Å². The van der Waals surface area contributed by atoms with Crippen molar-refractivity contribution in [2.45, 2.75) is 26.4 Å². The van der Waals surface area contributed by atoms with Gasteiger partial charge in [-0.25, -0.2) is 0 Å². The molecule has 4 rings (SSSR count). The first-order valence-corrected chi connectivity index (χ1v) is 10.6. The maximum atomic E-state index is 12.5. The molecule has 0 aliphatic heterocycles. The summed E-state index contributed by atoms with van der Waals surface area (Å²) in [7, 11) is 0. The van der Waals surface area contributed by atoms with E-state index in [1.807, 2.05) is 47.8 Å². The molecule has 4 aromatic rings. The van der Waals surface area contributed by atoms with E-state index in [0.717, 1.165) is 22.4 Å². The van der Waals surface area contributed by atoms with Gasteiger partial charge in [0, 0.05) is 11.3 Å². The second kappa shape index (κ2) is 8.50. The molecule has 146 valence electrons. The van der Waals surface area contributed by atoms with Crippen LogP contribution in [0.4, 0.5) is 5.69 Å². The van der Waals surface area contributed by atoms with Crippen LogP contribution in [-0.2, 0) is 6.61 Å². The van der Waals surface area contributed by atoms with Gasteiger partial charge in [0.05, 0.1) is 4.88 Å². The first kappa shape index (κ1) is 19.2. The Morgan fingerprint density at radius 1 is 0.966 bits per heavy atom. The molecule has 0 saturated carbocycles. The van der Waals surface area contributed by atoms with Gasteiger partial charge in [0.25, 0.3) is 5.91 Å². The average molecular weight is 402 g/mol. The van der Waals surface area contributed by atoms with Crippen LogP contribution in [0.15, 0.2) is 78.2 Å². The zero-order valence-corrected chi connectivity index (χ0v) is 17.3. The molecule has 1 N–H and O–H groups in total. The number of ether oxygens (including phenoxy) is 1. The van der Waals surface area contributed by atoms with E-state index in [1.165, 1.54) is 22.3 Å². The third-order valence-corrected chi connectivity index (χ3v) is 5.82. The highest BCUT2D eigenvalue weighted by molar-refractivity contribution is 7.12. The summed E-state index contributed by atoms with van der Waals surface area (Å²) in [4.78, 5) is 13.2. The third-order valence-electron chi connectivity index (χ3n) is 4.84. The largest absolute Gasteiger partial charge is 0.489 e. The lowest BCUT2D eigenvalue weighted by molar-refractivity contribution is 0.103. The Morgan fingerprint density at radius 2 is 1.72 bits per heavy atom. The summed E-state index contributed by atoms with van der Waals surface area (Å²) in [5.74, 6) is 1.21. The normalized spacial score (nSPS) is 11.0. The molecule has 1 heterocycles. The molecular weight excluding hydrogens is 378 g/mol. The number of hydrogen-bond donors (Lipinski definition) is 1. The zero-order chi connectivity index (χ0) is 20.2. The van der Waals surface area contributed by atoms with Crippen LogP contribution in [0.2, 0.25) is 0 Å². The van der Waals surface area contributed by atoms with E-state index in [1.54, 1.807) is 0 Å². The molecule has 0 fully saturated rings. The first-order chi connectivity index (χ1) is 14.1. The fourth-order valence-electron chi connectivity index (χ4n) is 3.14. The Hall–Kier alpha value is -3.11. The lowest BCUT2D eigenvalue weighted by Gasteiger charge is -2.08. The predicted octanol–water partition coefficient (Wildman–Crippen LogP) is 6.86. The number of hydrogen-bond acceptors (Lipinski definition) is 3. The number of amides is 1. The van der Waals surface area contributed by atoms with Gasteiger partial charge in [-0.3, -0.25) is 4.79 Å². The van der Waals surface area contributed by atoms with Crippen LogP contribution < -0.4 is 10.1 Å². The zero-order valence-electron chi connectivity index (χ0n) is 16.5. The van der Waals surface area contributed by atoms with Crippen LogP contribution in [0, 0.1) is 0 Å². The Balaban J connectivity index is 1.37. The fourth-order valence-corrected chi connectivity index (χ4v) is 3.93. The predicted molar refractivity (Wildman–Crippen MR) is 121 cm³/mol. The van der Waals surface area contributed by atoms with Crippen molar-refractivity contribution in [1.29, 1.82) is 0 Å². The van der Waals surface area contributed by atoms with Crippen molar-refractivity contribution >= 4 is 33.7 Å². The van der Waals surface area contributed by atoms with E-state index in [9.17, 15) is 4.79 Å². The highest BCUT2D eigenvalue weighted by Gasteiger charge is 2.10. The Morgan fingerprint density at radius 3 is 2.48 bits per heavy atom. The maximum Gasteiger partial charge on any atom is 0.265 e. The number of benzene rings is 3. The van der Waals surface area contributed by atoms with Crippen molar-refractivity contribution in [1.82, 2.24) is 0 Å². The summed E-state index contributed by atoms with van der Waals surface area (Å²) >= 11 is 1.43. The molecule has 0 aliphatic carbocycles. The van der Waals surface area contributed by atoms with Crippen LogP contribution in [0.25, 0.3) is 10.8 Å². The van der Waals surface area contributed by atoms with E-state index in [2.05, 4.69) is 49.5 Å². The van der Waals surface area contributed by atoms with E-state index < -0.39 is 0 Å². The molecule has 0 bridgehead atoms. The number of carbonyl (C=O) groups excluding carboxylic acids is 1. The smallest absolute Gasteiger partial charge is 0.265 e. The summed E-state index contributed by atoms with van der Waals surface area (Å²) in [5.41, 5.74) is 3.05. The van der Waals surface area contributed by atoms with E-state index in [0.29, 0.717) is 17.4 Å². The SMILES string of the molecule is CC(C)c1ccc(NC(=O)c2cc(COc3ccc4ccccc4c3)cs2)cc1. The average Bonchev–Trinajstić information content (AvgIpc) is 3.22. The van der Waals surface area contributed by atoms with Crippen LogP contribution in [0.3, 0.4) is 0 Å². The monoisotopic (exact) mass is 401 g/mol. The van der Waals surface area contributed by atoms with Crippen molar-refractivity contribution < 1.29 is 9.53 Å². The highest BCUT2D eigenvalue weighted by Crippen LogP contribution is 2.23. The van der Waals surface area contributed by atoms with Gasteiger partial charge in [-0.2, -0.15) is 0 Å². The molecule has 1 amide bonds. The van der Waals surface area contributed by atoms with Crippen molar-refractivity contribution in [2.24, 2.45) is 0 Å². The molecule has 3 nitrogen and oxygen atoms in total. The van der Waals surface area contributed by atoms with Gasteiger partial charge in [-0.05, 0) is 58.0 Å². The molecule has 4 heteroatoms. The first-order valence-electron chi connectivity index (χ1n) is 9.69. The van der Waals surface area contributed by atoms with E-state index in [4.69, 9.17) is 4.74 Å². The lowest BCUT2D eigenvalue weighted by Crippen LogP contribution is -2.10. The minimum Gasteiger partial charge on any atom is -0.489 e. The minimum absolute atomic E-state index is 0.0933. The van der Waals surface area contributed by atoms with Crippen LogP contribution in [-0.4, -0.2) is 5.91 Å². The topological polar surface area (TPSA) is 38.3 Å². The van der Waals surface area contributed by atoms with Gasteiger partial charge in [-0.15, -0.1) is 11.3 Å². The number of anilines is 1. The van der Waals surface area contributed by atoms with Gasteiger partial charge in [0.2, 0.25) is 0 Å². The molecule has 0 saturated heterocycles. The number of rotatable bonds is 6. The summed E-state index contributed by atoms with van der Waals surface area (Å²) in [6, 6.07) is 24.2. The molecule has 29 heavy (non-hydrogen) atoms. The van der Waals surface area contributed by atoms with Crippen LogP contribution in [0.5, 0.6) is 5.75 Å². The van der Waals surface area contributed by atoms with Crippen molar-refractivity contribution in [3.63, 3.8) is 0 Å². The lowest BCUT2D eigenvalue weighted by atomic mass is 10.0. The molecule has 0 atom stereocenters. The maximum absolute atomic E-state index is 12.5. The molecule has 3 aromatic carbocycles. The molecule has 0 radical (unpaired) electrons. The van der Waals surface area contributed by atoms with Crippen LogP contribution >= 0.6 is 11.3 Å². The van der Waals surface area contributed by atoms with Crippen molar-refractivity contribution in [3.8, 4) is 5.75 Å². The summed E-state index contributed by atoms with van der Waals surface area (Å²) < 4.78 is 5.92. The second-order valence-electron chi connectivity index (χ2n) is 7.35. The van der Waals surface area contributed by atoms with Gasteiger partial charge in [0.15, 0.2) is 0 Å². The van der Waals surface area contributed by atoms with Crippen LogP contribution in [0.1, 0.15) is 40.6 Å².